The van der Waals surface area contributed by atoms with Crippen molar-refractivity contribution in [2.75, 3.05) is 19.6 Å². The largest absolute Gasteiger partial charge is 0.485 e. The van der Waals surface area contributed by atoms with Crippen molar-refractivity contribution in [2.45, 2.75) is 45.8 Å². The number of hydrogen-bond acceptors (Lipinski definition) is 4. The molecule has 0 aliphatic rings. The van der Waals surface area contributed by atoms with Crippen molar-refractivity contribution < 1.29 is 9.13 Å². The van der Waals surface area contributed by atoms with Crippen molar-refractivity contribution in [1.82, 2.24) is 25.4 Å². The van der Waals surface area contributed by atoms with Gasteiger partial charge in [0.1, 0.15) is 18.8 Å². The molecule has 0 saturated carbocycles. The number of guanidine groups is 1. The minimum absolute atomic E-state index is 0. The summed E-state index contributed by atoms with van der Waals surface area (Å²) in [5.41, 5.74) is 0. The fourth-order valence-corrected chi connectivity index (χ4v) is 2.47. The predicted octanol–water partition coefficient (Wildman–Crippen LogP) is 3.23. The molecule has 2 rings (SSSR count). The fraction of sp³-hybridized carbons (Fsp3) is 0.526. The van der Waals surface area contributed by atoms with Crippen LogP contribution in [0.3, 0.4) is 0 Å². The molecule has 0 bridgehead atoms. The third-order valence-electron chi connectivity index (χ3n) is 3.98. The Bertz CT molecular complexity index is 683. The molecule has 0 aliphatic carbocycles. The lowest BCUT2D eigenvalue weighted by molar-refractivity contribution is 0.196. The molecule has 28 heavy (non-hydrogen) atoms. The van der Waals surface area contributed by atoms with Crippen molar-refractivity contribution in [3.05, 3.63) is 42.7 Å². The van der Waals surface area contributed by atoms with E-state index < -0.39 is 0 Å². The average molecular weight is 504 g/mol. The minimum atomic E-state index is -0.349. The summed E-state index contributed by atoms with van der Waals surface area (Å²) < 4.78 is 21.5. The van der Waals surface area contributed by atoms with Gasteiger partial charge in [0.15, 0.2) is 17.5 Å². The summed E-state index contributed by atoms with van der Waals surface area (Å²) in [6, 6.07) is 6.45. The highest BCUT2D eigenvalue weighted by Gasteiger charge is 2.11. The lowest BCUT2D eigenvalue weighted by Gasteiger charge is -2.17. The van der Waals surface area contributed by atoms with Gasteiger partial charge in [0, 0.05) is 19.6 Å². The first-order valence-corrected chi connectivity index (χ1v) is 9.48. The standard InChI is InChI=1S/C19H29FN6O.HI/c1-3-16(27-18-10-6-5-9-17(18)20)13-23-19(21-4-2)22-11-7-8-12-26-14-24-25-15-26;/h5-6,9-10,14-16H,3-4,7-8,11-13H2,1-2H3,(H2,21,22,23);1H. The summed E-state index contributed by atoms with van der Waals surface area (Å²) >= 11 is 0. The first kappa shape index (κ1) is 24.1. The number of hydrogen-bond donors (Lipinski definition) is 2. The fourth-order valence-electron chi connectivity index (χ4n) is 2.47. The molecular formula is C19H30FIN6O. The SMILES string of the molecule is CCNC(=NCC(CC)Oc1ccccc1F)NCCCCn1cnnc1.I. The van der Waals surface area contributed by atoms with E-state index >= 15 is 0 Å². The Balaban J connectivity index is 0.00000392. The molecule has 0 saturated heterocycles. The number of rotatable bonds is 11. The second kappa shape index (κ2) is 14.1. The molecule has 1 heterocycles. The summed E-state index contributed by atoms with van der Waals surface area (Å²) in [4.78, 5) is 4.58. The minimum Gasteiger partial charge on any atom is -0.485 e. The summed E-state index contributed by atoms with van der Waals surface area (Å²) in [7, 11) is 0. The quantitative estimate of drug-likeness (QED) is 0.213. The van der Waals surface area contributed by atoms with Crippen LogP contribution in [0.25, 0.3) is 0 Å². The van der Waals surface area contributed by atoms with E-state index in [2.05, 4.69) is 25.8 Å². The van der Waals surface area contributed by atoms with Crippen molar-refractivity contribution in [3.63, 3.8) is 0 Å². The number of para-hydroxylation sites is 1. The molecule has 1 aromatic carbocycles. The van der Waals surface area contributed by atoms with Gasteiger partial charge in [-0.15, -0.1) is 34.2 Å². The first-order chi connectivity index (χ1) is 13.2. The lowest BCUT2D eigenvalue weighted by Crippen LogP contribution is -2.38. The normalized spacial score (nSPS) is 12.2. The van der Waals surface area contributed by atoms with E-state index in [0.29, 0.717) is 6.54 Å². The van der Waals surface area contributed by atoms with Crippen LogP contribution in [-0.2, 0) is 6.54 Å². The monoisotopic (exact) mass is 504 g/mol. The average Bonchev–Trinajstić information content (AvgIpc) is 3.19. The molecule has 0 radical (unpaired) electrons. The summed E-state index contributed by atoms with van der Waals surface area (Å²) in [5.74, 6) is 0.668. The third kappa shape index (κ3) is 8.85. The van der Waals surface area contributed by atoms with Gasteiger partial charge in [0.05, 0.1) is 6.54 Å². The Kier molecular flexibility index (Phi) is 12.2. The molecule has 1 unspecified atom stereocenters. The maximum Gasteiger partial charge on any atom is 0.191 e. The molecule has 1 aromatic heterocycles. The smallest absolute Gasteiger partial charge is 0.191 e. The van der Waals surface area contributed by atoms with Gasteiger partial charge in [0.2, 0.25) is 0 Å². The third-order valence-corrected chi connectivity index (χ3v) is 3.98. The Labute approximate surface area is 183 Å². The zero-order valence-electron chi connectivity index (χ0n) is 16.5. The molecule has 2 N–H and O–H groups in total. The van der Waals surface area contributed by atoms with Gasteiger partial charge in [-0.1, -0.05) is 19.1 Å². The van der Waals surface area contributed by atoms with Crippen molar-refractivity contribution in [3.8, 4) is 5.75 Å². The highest BCUT2D eigenvalue weighted by atomic mass is 127. The van der Waals surface area contributed by atoms with Gasteiger partial charge in [-0.3, -0.25) is 0 Å². The number of aryl methyl sites for hydroxylation is 1. The van der Waals surface area contributed by atoms with Crippen LogP contribution in [-0.4, -0.2) is 46.5 Å². The van der Waals surface area contributed by atoms with E-state index in [-0.39, 0.29) is 41.6 Å². The van der Waals surface area contributed by atoms with Gasteiger partial charge < -0.3 is 19.9 Å². The lowest BCUT2D eigenvalue weighted by atomic mass is 10.2. The maximum atomic E-state index is 13.8. The van der Waals surface area contributed by atoms with Crippen LogP contribution in [0.15, 0.2) is 41.9 Å². The van der Waals surface area contributed by atoms with Gasteiger partial charge >= 0.3 is 0 Å². The van der Waals surface area contributed by atoms with Gasteiger partial charge in [-0.05, 0) is 38.3 Å². The van der Waals surface area contributed by atoms with Gasteiger partial charge in [0.25, 0.3) is 0 Å². The van der Waals surface area contributed by atoms with E-state index in [1.54, 1.807) is 30.9 Å². The molecule has 0 fully saturated rings. The van der Waals surface area contributed by atoms with E-state index in [1.807, 2.05) is 18.4 Å². The van der Waals surface area contributed by atoms with Crippen LogP contribution in [0.2, 0.25) is 0 Å². The Morgan fingerprint density at radius 3 is 2.61 bits per heavy atom. The number of aromatic nitrogens is 3. The maximum absolute atomic E-state index is 13.8. The van der Waals surface area contributed by atoms with E-state index in [0.717, 1.165) is 44.9 Å². The number of unbranched alkanes of at least 4 members (excludes halogenated alkanes) is 1. The highest BCUT2D eigenvalue weighted by Crippen LogP contribution is 2.18. The van der Waals surface area contributed by atoms with Crippen molar-refractivity contribution >= 4 is 29.9 Å². The topological polar surface area (TPSA) is 76.4 Å². The van der Waals surface area contributed by atoms with E-state index in [4.69, 9.17) is 4.74 Å². The van der Waals surface area contributed by atoms with Gasteiger partial charge in [-0.25, -0.2) is 9.38 Å². The zero-order valence-corrected chi connectivity index (χ0v) is 18.8. The second-order valence-electron chi connectivity index (χ2n) is 6.13. The van der Waals surface area contributed by atoms with Crippen LogP contribution in [0, 0.1) is 5.82 Å². The predicted molar refractivity (Wildman–Crippen MR) is 120 cm³/mol. The number of nitrogens with one attached hydrogen (secondary N) is 2. The Hall–Kier alpha value is -1.91. The molecule has 9 heteroatoms. The van der Waals surface area contributed by atoms with Crippen LogP contribution in [0.1, 0.15) is 33.1 Å². The highest BCUT2D eigenvalue weighted by molar-refractivity contribution is 14.0. The summed E-state index contributed by atoms with van der Waals surface area (Å²) in [6.45, 7) is 6.98. The Morgan fingerprint density at radius 2 is 1.93 bits per heavy atom. The zero-order chi connectivity index (χ0) is 19.3. The molecule has 7 nitrogen and oxygen atoms in total. The molecule has 1 atom stereocenters. The molecule has 0 spiro atoms. The van der Waals surface area contributed by atoms with Gasteiger partial charge in [-0.2, -0.15) is 0 Å². The molecule has 0 amide bonds. The number of halogens is 2. The van der Waals surface area contributed by atoms with E-state index in [1.165, 1.54) is 6.07 Å². The van der Waals surface area contributed by atoms with E-state index in [9.17, 15) is 4.39 Å². The van der Waals surface area contributed by atoms with Crippen molar-refractivity contribution in [2.24, 2.45) is 4.99 Å². The molecule has 0 aliphatic heterocycles. The molecule has 2 aromatic rings. The summed E-state index contributed by atoms with van der Waals surface area (Å²) in [6.07, 6.45) is 6.05. The van der Waals surface area contributed by atoms with Crippen LogP contribution >= 0.6 is 24.0 Å². The first-order valence-electron chi connectivity index (χ1n) is 9.48. The van der Waals surface area contributed by atoms with Crippen LogP contribution in [0.5, 0.6) is 5.75 Å². The molecule has 156 valence electrons. The van der Waals surface area contributed by atoms with Crippen molar-refractivity contribution in [1.29, 1.82) is 0 Å². The number of aliphatic imine (C=N–C) groups is 1. The number of nitrogens with zero attached hydrogens (tertiary/aromatic N) is 4. The number of benzene rings is 1. The molecular weight excluding hydrogens is 474 g/mol. The van der Waals surface area contributed by atoms with Crippen LogP contribution in [0.4, 0.5) is 4.39 Å². The second-order valence-corrected chi connectivity index (χ2v) is 6.13. The Morgan fingerprint density at radius 1 is 1.18 bits per heavy atom. The van der Waals surface area contributed by atoms with Crippen LogP contribution < -0.4 is 15.4 Å². The summed E-state index contributed by atoms with van der Waals surface area (Å²) in [5, 5.41) is 14.1. The number of ether oxygens (including phenoxy) is 1.